The van der Waals surface area contributed by atoms with Crippen molar-refractivity contribution in [1.29, 1.82) is 0 Å². The molecule has 1 N–H and O–H groups in total. The summed E-state index contributed by atoms with van der Waals surface area (Å²) in [6.45, 7) is 3.90. The fourth-order valence-electron chi connectivity index (χ4n) is 1.76. The Kier molecular flexibility index (Phi) is 5.89. The molecule has 1 aromatic heterocycles. The Hall–Kier alpha value is -0.840. The second-order valence-electron chi connectivity index (χ2n) is 4.33. The predicted octanol–water partition coefficient (Wildman–Crippen LogP) is 4.63. The summed E-state index contributed by atoms with van der Waals surface area (Å²) in [5.74, 6) is 0.942. The zero-order chi connectivity index (χ0) is 13.5. The first kappa shape index (κ1) is 14.6. The molecule has 1 atom stereocenters. The van der Waals surface area contributed by atoms with Crippen molar-refractivity contribution < 1.29 is 4.74 Å². The standard InChI is InChI=1S/C15H18BrNOS/c1-12(14-8-9-15(16)19-14)17-10-5-11-18-13-6-3-2-4-7-13/h2-4,6-9,12,17H,5,10-11H2,1H3. The van der Waals surface area contributed by atoms with Gasteiger partial charge in [-0.1, -0.05) is 18.2 Å². The molecule has 19 heavy (non-hydrogen) atoms. The Morgan fingerprint density at radius 2 is 2.00 bits per heavy atom. The third kappa shape index (κ3) is 4.97. The molecule has 2 aromatic rings. The van der Waals surface area contributed by atoms with E-state index in [1.807, 2.05) is 30.3 Å². The number of halogens is 1. The van der Waals surface area contributed by atoms with Crippen LogP contribution in [0.4, 0.5) is 0 Å². The van der Waals surface area contributed by atoms with E-state index in [0.717, 1.165) is 25.3 Å². The third-order valence-corrected chi connectivity index (χ3v) is 4.61. The number of benzene rings is 1. The molecule has 0 aliphatic heterocycles. The minimum absolute atomic E-state index is 0.396. The first-order chi connectivity index (χ1) is 9.25. The van der Waals surface area contributed by atoms with Gasteiger partial charge in [0.15, 0.2) is 0 Å². The van der Waals surface area contributed by atoms with Crippen molar-refractivity contribution in [2.75, 3.05) is 13.2 Å². The largest absolute Gasteiger partial charge is 0.494 e. The fourth-order valence-corrected chi connectivity index (χ4v) is 3.21. The first-order valence-corrected chi connectivity index (χ1v) is 8.03. The first-order valence-electron chi connectivity index (χ1n) is 6.42. The number of hydrogen-bond acceptors (Lipinski definition) is 3. The van der Waals surface area contributed by atoms with Crippen LogP contribution in [0.15, 0.2) is 46.3 Å². The van der Waals surface area contributed by atoms with Gasteiger partial charge in [-0.2, -0.15) is 0 Å². The molecule has 0 fully saturated rings. The Morgan fingerprint density at radius 3 is 2.68 bits per heavy atom. The highest BCUT2D eigenvalue weighted by Gasteiger charge is 2.06. The number of hydrogen-bond donors (Lipinski definition) is 1. The van der Waals surface area contributed by atoms with Gasteiger partial charge in [0.25, 0.3) is 0 Å². The zero-order valence-electron chi connectivity index (χ0n) is 10.9. The fraction of sp³-hybridized carbons (Fsp3) is 0.333. The molecule has 0 saturated heterocycles. The molecule has 4 heteroatoms. The summed E-state index contributed by atoms with van der Waals surface area (Å²) in [5.41, 5.74) is 0. The highest BCUT2D eigenvalue weighted by molar-refractivity contribution is 9.11. The van der Waals surface area contributed by atoms with E-state index in [2.05, 4.69) is 40.3 Å². The molecule has 0 radical (unpaired) electrons. The lowest BCUT2D eigenvalue weighted by atomic mass is 10.2. The van der Waals surface area contributed by atoms with Crippen molar-refractivity contribution >= 4 is 27.3 Å². The second-order valence-corrected chi connectivity index (χ2v) is 6.83. The van der Waals surface area contributed by atoms with Gasteiger partial charge < -0.3 is 10.1 Å². The third-order valence-electron chi connectivity index (χ3n) is 2.80. The van der Waals surface area contributed by atoms with Gasteiger partial charge in [-0.25, -0.2) is 0 Å². The van der Waals surface area contributed by atoms with Crippen LogP contribution in [0.3, 0.4) is 0 Å². The van der Waals surface area contributed by atoms with Crippen LogP contribution in [0, 0.1) is 0 Å². The summed E-state index contributed by atoms with van der Waals surface area (Å²) in [6.07, 6.45) is 1.01. The molecule has 0 aliphatic carbocycles. The van der Waals surface area contributed by atoms with Gasteiger partial charge in [0.2, 0.25) is 0 Å². The van der Waals surface area contributed by atoms with E-state index in [4.69, 9.17) is 4.74 Å². The molecular weight excluding hydrogens is 322 g/mol. The Labute approximate surface area is 126 Å². The minimum Gasteiger partial charge on any atom is -0.494 e. The molecule has 0 amide bonds. The van der Waals surface area contributed by atoms with E-state index >= 15 is 0 Å². The number of nitrogens with one attached hydrogen (secondary N) is 1. The average Bonchev–Trinajstić information content (AvgIpc) is 2.86. The van der Waals surface area contributed by atoms with E-state index in [1.165, 1.54) is 8.66 Å². The van der Waals surface area contributed by atoms with E-state index in [9.17, 15) is 0 Å². The maximum atomic E-state index is 5.65. The summed E-state index contributed by atoms with van der Waals surface area (Å²) in [7, 11) is 0. The summed E-state index contributed by atoms with van der Waals surface area (Å²) in [4.78, 5) is 1.36. The molecule has 0 saturated carbocycles. The van der Waals surface area contributed by atoms with Crippen LogP contribution in [0.5, 0.6) is 5.75 Å². The summed E-state index contributed by atoms with van der Waals surface area (Å²) >= 11 is 5.27. The number of ether oxygens (including phenoxy) is 1. The van der Waals surface area contributed by atoms with Crippen LogP contribution in [0.2, 0.25) is 0 Å². The maximum absolute atomic E-state index is 5.65. The summed E-state index contributed by atoms with van der Waals surface area (Å²) < 4.78 is 6.84. The van der Waals surface area contributed by atoms with E-state index in [1.54, 1.807) is 11.3 Å². The van der Waals surface area contributed by atoms with Crippen molar-refractivity contribution in [2.45, 2.75) is 19.4 Å². The predicted molar refractivity (Wildman–Crippen MR) is 85.0 cm³/mol. The van der Waals surface area contributed by atoms with Crippen LogP contribution < -0.4 is 10.1 Å². The Bertz CT molecular complexity index is 486. The van der Waals surface area contributed by atoms with Crippen LogP contribution in [-0.2, 0) is 0 Å². The maximum Gasteiger partial charge on any atom is 0.119 e. The molecule has 1 aromatic carbocycles. The molecule has 1 unspecified atom stereocenters. The van der Waals surface area contributed by atoms with Gasteiger partial charge in [-0.15, -0.1) is 11.3 Å². The molecule has 0 aliphatic rings. The van der Waals surface area contributed by atoms with Crippen LogP contribution in [-0.4, -0.2) is 13.2 Å². The van der Waals surface area contributed by atoms with Crippen molar-refractivity contribution in [3.8, 4) is 5.75 Å². The molecule has 0 spiro atoms. The Morgan fingerprint density at radius 1 is 1.21 bits per heavy atom. The van der Waals surface area contributed by atoms with Gasteiger partial charge in [-0.05, 0) is 60.1 Å². The monoisotopic (exact) mass is 339 g/mol. The lowest BCUT2D eigenvalue weighted by Crippen LogP contribution is -2.20. The molecule has 2 rings (SSSR count). The van der Waals surface area contributed by atoms with E-state index < -0.39 is 0 Å². The smallest absolute Gasteiger partial charge is 0.119 e. The average molecular weight is 340 g/mol. The zero-order valence-corrected chi connectivity index (χ0v) is 13.3. The van der Waals surface area contributed by atoms with Crippen LogP contribution in [0.25, 0.3) is 0 Å². The molecule has 102 valence electrons. The highest BCUT2D eigenvalue weighted by atomic mass is 79.9. The van der Waals surface area contributed by atoms with Gasteiger partial charge >= 0.3 is 0 Å². The van der Waals surface area contributed by atoms with Gasteiger partial charge in [0.05, 0.1) is 10.4 Å². The van der Waals surface area contributed by atoms with Crippen molar-refractivity contribution in [1.82, 2.24) is 5.32 Å². The van der Waals surface area contributed by atoms with Crippen molar-refractivity contribution in [2.24, 2.45) is 0 Å². The lowest BCUT2D eigenvalue weighted by molar-refractivity contribution is 0.306. The van der Waals surface area contributed by atoms with Gasteiger partial charge in [0, 0.05) is 10.9 Å². The second kappa shape index (κ2) is 7.68. The molecular formula is C15H18BrNOS. The molecule has 1 heterocycles. The van der Waals surface area contributed by atoms with Crippen LogP contribution >= 0.6 is 27.3 Å². The summed E-state index contributed by atoms with van der Waals surface area (Å²) in [6, 6.07) is 14.6. The normalized spacial score (nSPS) is 12.3. The molecule has 0 bridgehead atoms. The van der Waals surface area contributed by atoms with Crippen LogP contribution in [0.1, 0.15) is 24.3 Å². The van der Waals surface area contributed by atoms with Crippen molar-refractivity contribution in [3.05, 3.63) is 51.1 Å². The van der Waals surface area contributed by atoms with E-state index in [0.29, 0.717) is 6.04 Å². The number of rotatable bonds is 7. The highest BCUT2D eigenvalue weighted by Crippen LogP contribution is 2.26. The van der Waals surface area contributed by atoms with Crippen molar-refractivity contribution in [3.63, 3.8) is 0 Å². The summed E-state index contributed by atoms with van der Waals surface area (Å²) in [5, 5.41) is 3.51. The van der Waals surface area contributed by atoms with Gasteiger partial charge in [-0.3, -0.25) is 0 Å². The topological polar surface area (TPSA) is 21.3 Å². The quantitative estimate of drug-likeness (QED) is 0.742. The SMILES string of the molecule is CC(NCCCOc1ccccc1)c1ccc(Br)s1. The molecule has 2 nitrogen and oxygen atoms in total. The van der Waals surface area contributed by atoms with Gasteiger partial charge in [0.1, 0.15) is 5.75 Å². The lowest BCUT2D eigenvalue weighted by Gasteiger charge is -2.12. The Balaban J connectivity index is 1.62. The number of thiophene rings is 1. The number of para-hydroxylation sites is 1. The minimum atomic E-state index is 0.396. The van der Waals surface area contributed by atoms with E-state index in [-0.39, 0.29) is 0 Å².